The topological polar surface area (TPSA) is 66.8 Å². The zero-order valence-electron chi connectivity index (χ0n) is 23.8. The maximum atomic E-state index is 13.0. The molecule has 4 nitrogen and oxygen atoms in total. The summed E-state index contributed by atoms with van der Waals surface area (Å²) in [5, 5.41) is 23.8. The monoisotopic (exact) mass is 476 g/mol. The zero-order chi connectivity index (χ0) is 26.5. The molecule has 0 saturated carbocycles. The van der Waals surface area contributed by atoms with Gasteiger partial charge in [-0.3, -0.25) is 4.79 Å². The quantitative estimate of drug-likeness (QED) is 0.227. The van der Waals surface area contributed by atoms with Crippen LogP contribution in [0.5, 0.6) is 5.75 Å². The molecule has 0 aliphatic rings. The Morgan fingerprint density at radius 1 is 0.735 bits per heavy atom. The maximum absolute atomic E-state index is 13.0. The largest absolute Gasteiger partial charge is 0.426 e. The van der Waals surface area contributed by atoms with E-state index in [1.54, 1.807) is 0 Å². The fourth-order valence-electron chi connectivity index (χ4n) is 4.92. The highest BCUT2D eigenvalue weighted by molar-refractivity contribution is 5.78. The summed E-state index contributed by atoms with van der Waals surface area (Å²) in [7, 11) is 0. The number of aliphatic hydroxyl groups is 2. The summed E-state index contributed by atoms with van der Waals surface area (Å²) in [5.41, 5.74) is -1.33. The molecular formula is C30H52O4. The van der Waals surface area contributed by atoms with Crippen LogP contribution in [0, 0.1) is 29.1 Å². The highest BCUT2D eigenvalue weighted by Gasteiger charge is 2.37. The summed E-state index contributed by atoms with van der Waals surface area (Å²) in [6.07, 6.45) is 3.03. The third kappa shape index (κ3) is 8.68. The number of carbonyl (C=O) groups excluding carboxylic acids is 1. The second-order valence-corrected chi connectivity index (χ2v) is 12.8. The lowest BCUT2D eigenvalue weighted by Gasteiger charge is -2.36. The summed E-state index contributed by atoms with van der Waals surface area (Å²) in [6, 6.07) is 5.57. The van der Waals surface area contributed by atoms with Gasteiger partial charge in [0.05, 0.1) is 16.6 Å². The molecule has 0 amide bonds. The standard InChI is InChI=1S/C30H52O4/c1-12-28(10,11)27(31)34-26-14-24(29(32,16-20(2)3)17-21(4)5)13-25(15-26)30(33,18-22(6)7)19-23(8)9/h13-15,20-23,32-33H,12,16-19H2,1-11H3. The Morgan fingerprint density at radius 2 is 1.06 bits per heavy atom. The molecule has 0 bridgehead atoms. The number of rotatable bonds is 13. The molecule has 0 unspecified atom stereocenters. The van der Waals surface area contributed by atoms with E-state index in [2.05, 4.69) is 55.4 Å². The predicted molar refractivity (Wildman–Crippen MR) is 142 cm³/mol. The minimum Gasteiger partial charge on any atom is -0.426 e. The number of esters is 1. The molecule has 4 heteroatoms. The molecule has 0 aromatic heterocycles. The maximum Gasteiger partial charge on any atom is 0.316 e. The second kappa shape index (κ2) is 12.0. The van der Waals surface area contributed by atoms with Crippen molar-refractivity contribution < 1.29 is 19.7 Å². The molecule has 0 aliphatic carbocycles. The zero-order valence-corrected chi connectivity index (χ0v) is 23.8. The van der Waals surface area contributed by atoms with Gasteiger partial charge in [0.1, 0.15) is 5.75 Å². The lowest BCUT2D eigenvalue weighted by molar-refractivity contribution is -0.144. The Labute approximate surface area is 209 Å². The molecule has 0 aliphatic heterocycles. The number of ether oxygens (including phenoxy) is 1. The molecule has 2 N–H and O–H groups in total. The van der Waals surface area contributed by atoms with Crippen molar-refractivity contribution >= 4 is 5.97 Å². The first-order chi connectivity index (χ1) is 15.4. The highest BCUT2D eigenvalue weighted by atomic mass is 16.5. The predicted octanol–water partition coefficient (Wildman–Crippen LogP) is 7.59. The first-order valence-corrected chi connectivity index (χ1v) is 13.3. The number of carbonyl (C=O) groups is 1. The minimum atomic E-state index is -1.07. The molecule has 34 heavy (non-hydrogen) atoms. The van der Waals surface area contributed by atoms with Crippen molar-refractivity contribution in [3.63, 3.8) is 0 Å². The second-order valence-electron chi connectivity index (χ2n) is 12.8. The van der Waals surface area contributed by atoms with Crippen LogP contribution >= 0.6 is 0 Å². The SMILES string of the molecule is CCC(C)(C)C(=O)Oc1cc(C(O)(CC(C)C)CC(C)C)cc(C(O)(CC(C)C)CC(C)C)c1. The Kier molecular flexibility index (Phi) is 10.8. The van der Waals surface area contributed by atoms with Gasteiger partial charge in [-0.2, -0.15) is 0 Å². The summed E-state index contributed by atoms with van der Waals surface area (Å²) in [6.45, 7) is 22.6. The van der Waals surface area contributed by atoms with E-state index in [1.807, 2.05) is 39.0 Å². The number of benzene rings is 1. The number of hydrogen-bond acceptors (Lipinski definition) is 4. The van der Waals surface area contributed by atoms with E-state index in [0.29, 0.717) is 37.9 Å². The first kappa shape index (κ1) is 30.6. The summed E-state index contributed by atoms with van der Waals surface area (Å²) in [5.74, 6) is 1.22. The van der Waals surface area contributed by atoms with Crippen molar-refractivity contribution in [3.8, 4) is 5.75 Å². The Bertz CT molecular complexity index is 721. The van der Waals surface area contributed by atoms with E-state index in [-0.39, 0.29) is 29.6 Å². The van der Waals surface area contributed by atoms with Gasteiger partial charge in [0, 0.05) is 0 Å². The Morgan fingerprint density at radius 3 is 1.32 bits per heavy atom. The first-order valence-electron chi connectivity index (χ1n) is 13.3. The van der Waals surface area contributed by atoms with E-state index in [1.165, 1.54) is 0 Å². The van der Waals surface area contributed by atoms with Gasteiger partial charge in [0.25, 0.3) is 0 Å². The Hall–Kier alpha value is -1.39. The van der Waals surface area contributed by atoms with Gasteiger partial charge in [-0.25, -0.2) is 0 Å². The lowest BCUT2D eigenvalue weighted by Crippen LogP contribution is -2.33. The van der Waals surface area contributed by atoms with Gasteiger partial charge in [-0.15, -0.1) is 0 Å². The summed E-state index contributed by atoms with van der Waals surface area (Å²) < 4.78 is 5.90. The fraction of sp³-hybridized carbons (Fsp3) is 0.767. The molecular weight excluding hydrogens is 424 g/mol. The van der Waals surface area contributed by atoms with E-state index < -0.39 is 16.6 Å². The van der Waals surface area contributed by atoms with Crippen LogP contribution in [0.1, 0.15) is 119 Å². The number of hydrogen-bond donors (Lipinski definition) is 2. The van der Waals surface area contributed by atoms with Crippen LogP contribution < -0.4 is 4.74 Å². The van der Waals surface area contributed by atoms with Crippen LogP contribution in [0.3, 0.4) is 0 Å². The van der Waals surface area contributed by atoms with Crippen LogP contribution in [0.15, 0.2) is 18.2 Å². The third-order valence-corrected chi connectivity index (χ3v) is 6.61. The van der Waals surface area contributed by atoms with Crippen molar-refractivity contribution in [3.05, 3.63) is 29.3 Å². The third-order valence-electron chi connectivity index (χ3n) is 6.61. The van der Waals surface area contributed by atoms with Gasteiger partial charge in [0.15, 0.2) is 0 Å². The van der Waals surface area contributed by atoms with Gasteiger partial charge in [0.2, 0.25) is 0 Å². The average molecular weight is 477 g/mol. The molecule has 196 valence electrons. The van der Waals surface area contributed by atoms with E-state index in [9.17, 15) is 15.0 Å². The Balaban J connectivity index is 3.78. The highest BCUT2D eigenvalue weighted by Crippen LogP contribution is 2.42. The van der Waals surface area contributed by atoms with Crippen LogP contribution in [0.2, 0.25) is 0 Å². The van der Waals surface area contributed by atoms with Crippen molar-refractivity contribution in [2.24, 2.45) is 29.1 Å². The normalized spacial score (nSPS) is 13.4. The van der Waals surface area contributed by atoms with E-state index in [0.717, 1.165) is 11.1 Å². The fourth-order valence-corrected chi connectivity index (χ4v) is 4.92. The van der Waals surface area contributed by atoms with Gasteiger partial charge < -0.3 is 14.9 Å². The summed E-state index contributed by atoms with van der Waals surface area (Å²) in [4.78, 5) is 13.0. The molecule has 0 saturated heterocycles. The molecule has 1 aromatic carbocycles. The van der Waals surface area contributed by atoms with Gasteiger partial charge >= 0.3 is 5.97 Å². The molecule has 0 heterocycles. The van der Waals surface area contributed by atoms with E-state index in [4.69, 9.17) is 4.74 Å². The van der Waals surface area contributed by atoms with Crippen molar-refractivity contribution in [2.75, 3.05) is 0 Å². The summed E-state index contributed by atoms with van der Waals surface area (Å²) >= 11 is 0. The van der Waals surface area contributed by atoms with Crippen LogP contribution in [-0.2, 0) is 16.0 Å². The van der Waals surface area contributed by atoms with Crippen molar-refractivity contribution in [2.45, 2.75) is 119 Å². The minimum absolute atomic E-state index is 0.280. The van der Waals surface area contributed by atoms with Crippen LogP contribution in [-0.4, -0.2) is 16.2 Å². The lowest BCUT2D eigenvalue weighted by atomic mass is 9.75. The molecule has 1 aromatic rings. The molecule has 0 atom stereocenters. The van der Waals surface area contributed by atoms with E-state index >= 15 is 0 Å². The smallest absolute Gasteiger partial charge is 0.316 e. The van der Waals surface area contributed by atoms with Crippen LogP contribution in [0.4, 0.5) is 0 Å². The molecule has 1 rings (SSSR count). The average Bonchev–Trinajstić information content (AvgIpc) is 2.65. The van der Waals surface area contributed by atoms with Crippen molar-refractivity contribution in [1.82, 2.24) is 0 Å². The molecule has 0 spiro atoms. The molecule has 0 fully saturated rings. The van der Waals surface area contributed by atoms with Crippen molar-refractivity contribution in [1.29, 1.82) is 0 Å². The van der Waals surface area contributed by atoms with Gasteiger partial charge in [-0.05, 0) is 98.9 Å². The van der Waals surface area contributed by atoms with Crippen LogP contribution in [0.25, 0.3) is 0 Å². The van der Waals surface area contributed by atoms with Gasteiger partial charge in [-0.1, -0.05) is 62.3 Å². The molecule has 0 radical (unpaired) electrons.